The van der Waals surface area contributed by atoms with Crippen LogP contribution in [0.4, 0.5) is 4.39 Å². The van der Waals surface area contributed by atoms with Gasteiger partial charge < -0.3 is 9.72 Å². The number of nitrogens with one attached hydrogen (secondary N) is 1. The lowest BCUT2D eigenvalue weighted by atomic mass is 10.0. The average Bonchev–Trinajstić information content (AvgIpc) is 3.03. The van der Waals surface area contributed by atoms with Gasteiger partial charge in [0.2, 0.25) is 0 Å². The number of aromatic amines is 1. The summed E-state index contributed by atoms with van der Waals surface area (Å²) in [5.74, 6) is 4.65. The van der Waals surface area contributed by atoms with Crippen LogP contribution in [-0.4, -0.2) is 17.6 Å². The number of hydrogen-bond donors (Lipinski definition) is 1. The molecular formula is C23H36FNO2. The van der Waals surface area contributed by atoms with Gasteiger partial charge in [0.15, 0.2) is 11.5 Å². The van der Waals surface area contributed by atoms with Crippen LogP contribution in [0.1, 0.15) is 114 Å². The summed E-state index contributed by atoms with van der Waals surface area (Å²) in [6.07, 6.45) is 16.6. The van der Waals surface area contributed by atoms with Crippen LogP contribution in [0, 0.1) is 17.7 Å². The first-order valence-electron chi connectivity index (χ1n) is 10.7. The molecule has 1 aromatic rings. The van der Waals surface area contributed by atoms with Gasteiger partial charge in [0.25, 0.3) is 0 Å². The van der Waals surface area contributed by atoms with E-state index in [1.54, 1.807) is 6.92 Å². The highest BCUT2D eigenvalue weighted by atomic mass is 19.1. The minimum Gasteiger partial charge on any atom is -0.461 e. The van der Waals surface area contributed by atoms with Crippen molar-refractivity contribution in [3.8, 4) is 11.8 Å². The van der Waals surface area contributed by atoms with Gasteiger partial charge in [0, 0.05) is 12.5 Å². The van der Waals surface area contributed by atoms with Gasteiger partial charge in [-0.2, -0.15) is 0 Å². The molecule has 0 aromatic carbocycles. The van der Waals surface area contributed by atoms with E-state index >= 15 is 0 Å². The van der Waals surface area contributed by atoms with Crippen molar-refractivity contribution in [3.63, 3.8) is 0 Å². The molecule has 152 valence electrons. The number of hydrogen-bond acceptors (Lipinski definition) is 2. The molecular weight excluding hydrogens is 341 g/mol. The number of halogens is 1. The number of aromatic nitrogens is 1. The van der Waals surface area contributed by atoms with Gasteiger partial charge >= 0.3 is 5.97 Å². The van der Waals surface area contributed by atoms with E-state index in [0.717, 1.165) is 12.8 Å². The van der Waals surface area contributed by atoms with Crippen LogP contribution in [-0.2, 0) is 4.74 Å². The number of carbonyl (C=O) groups is 1. The van der Waals surface area contributed by atoms with E-state index in [0.29, 0.717) is 5.69 Å². The highest BCUT2D eigenvalue weighted by molar-refractivity contribution is 5.88. The molecule has 0 saturated carbocycles. The number of H-pyrrole nitrogens is 1. The Balaban J connectivity index is 2.05. The molecule has 0 unspecified atom stereocenters. The van der Waals surface area contributed by atoms with Crippen LogP contribution < -0.4 is 0 Å². The quantitative estimate of drug-likeness (QED) is 0.221. The van der Waals surface area contributed by atoms with Crippen molar-refractivity contribution < 1.29 is 13.9 Å². The fourth-order valence-electron chi connectivity index (χ4n) is 3.06. The predicted molar refractivity (Wildman–Crippen MR) is 109 cm³/mol. The van der Waals surface area contributed by atoms with Crippen LogP contribution in [0.25, 0.3) is 0 Å². The zero-order valence-corrected chi connectivity index (χ0v) is 17.2. The average molecular weight is 378 g/mol. The molecule has 0 amide bonds. The lowest BCUT2D eigenvalue weighted by Crippen LogP contribution is -2.06. The first-order valence-corrected chi connectivity index (χ1v) is 10.7. The number of esters is 1. The van der Waals surface area contributed by atoms with E-state index < -0.39 is 11.8 Å². The Labute approximate surface area is 164 Å². The summed E-state index contributed by atoms with van der Waals surface area (Å²) < 4.78 is 18.5. The summed E-state index contributed by atoms with van der Waals surface area (Å²) >= 11 is 0. The molecule has 0 spiro atoms. The first-order chi connectivity index (χ1) is 13.2. The Hall–Kier alpha value is -1.76. The Kier molecular flexibility index (Phi) is 13.2. The Morgan fingerprint density at radius 3 is 2.07 bits per heavy atom. The van der Waals surface area contributed by atoms with Crippen molar-refractivity contribution in [2.24, 2.45) is 0 Å². The van der Waals surface area contributed by atoms with Gasteiger partial charge in [-0.25, -0.2) is 9.18 Å². The van der Waals surface area contributed by atoms with E-state index in [1.807, 2.05) is 0 Å². The fraction of sp³-hybridized carbons (Fsp3) is 0.696. The standard InChI is InChI=1S/C23H36FNO2/c1-3-5-6-7-8-9-10-11-12-13-14-15-16-17-18-20-19-21(24)22(25-20)23(26)27-4-2/h19,25H,3-16H2,1-2H3. The molecule has 1 rings (SSSR count). The molecule has 27 heavy (non-hydrogen) atoms. The fourth-order valence-corrected chi connectivity index (χ4v) is 3.06. The summed E-state index contributed by atoms with van der Waals surface area (Å²) in [6, 6.07) is 1.25. The monoisotopic (exact) mass is 377 g/mol. The minimum absolute atomic E-state index is 0.147. The van der Waals surface area contributed by atoms with Gasteiger partial charge in [0.1, 0.15) is 0 Å². The smallest absolute Gasteiger partial charge is 0.357 e. The van der Waals surface area contributed by atoms with E-state index in [-0.39, 0.29) is 12.3 Å². The van der Waals surface area contributed by atoms with Crippen molar-refractivity contribution in [3.05, 3.63) is 23.3 Å². The van der Waals surface area contributed by atoms with Crippen molar-refractivity contribution in [1.82, 2.24) is 4.98 Å². The lowest BCUT2D eigenvalue weighted by Gasteiger charge is -2.01. The van der Waals surface area contributed by atoms with Crippen LogP contribution in [0.15, 0.2) is 6.07 Å². The summed E-state index contributed by atoms with van der Waals surface area (Å²) in [5, 5.41) is 0. The summed E-state index contributed by atoms with van der Waals surface area (Å²) in [7, 11) is 0. The van der Waals surface area contributed by atoms with E-state index in [1.165, 1.54) is 76.7 Å². The Bertz CT molecular complexity index is 583. The highest BCUT2D eigenvalue weighted by Gasteiger charge is 2.15. The zero-order chi connectivity index (χ0) is 19.7. The topological polar surface area (TPSA) is 42.1 Å². The molecule has 0 aliphatic rings. The maximum atomic E-state index is 13.7. The molecule has 0 fully saturated rings. The lowest BCUT2D eigenvalue weighted by molar-refractivity contribution is 0.0515. The molecule has 4 heteroatoms. The van der Waals surface area contributed by atoms with Crippen LogP contribution >= 0.6 is 0 Å². The molecule has 1 N–H and O–H groups in total. The maximum Gasteiger partial charge on any atom is 0.357 e. The second-order valence-corrected chi connectivity index (χ2v) is 7.07. The predicted octanol–water partition coefficient (Wildman–Crippen LogP) is 6.77. The van der Waals surface area contributed by atoms with E-state index in [2.05, 4.69) is 23.7 Å². The Morgan fingerprint density at radius 1 is 0.963 bits per heavy atom. The first kappa shape index (κ1) is 23.3. The minimum atomic E-state index is -0.677. The normalized spacial score (nSPS) is 10.5. The molecule has 1 heterocycles. The van der Waals surface area contributed by atoms with Gasteiger partial charge in [-0.05, 0) is 19.3 Å². The molecule has 1 aromatic heterocycles. The third-order valence-corrected chi connectivity index (χ3v) is 4.63. The van der Waals surface area contributed by atoms with E-state index in [4.69, 9.17) is 4.74 Å². The molecule has 0 aliphatic heterocycles. The van der Waals surface area contributed by atoms with Crippen LogP contribution in [0.5, 0.6) is 0 Å². The summed E-state index contributed by atoms with van der Waals surface area (Å²) in [5.41, 5.74) is 0.279. The number of carbonyl (C=O) groups excluding carboxylic acids is 1. The third kappa shape index (κ3) is 10.9. The SMILES string of the molecule is CCCCCCCCCCCCCCC#Cc1cc(F)c(C(=O)OCC)[nH]1. The van der Waals surface area contributed by atoms with Crippen LogP contribution in [0.2, 0.25) is 0 Å². The molecule has 0 atom stereocenters. The number of unbranched alkanes of at least 4 members (excludes halogenated alkanes) is 12. The third-order valence-electron chi connectivity index (χ3n) is 4.63. The Morgan fingerprint density at radius 2 is 1.52 bits per heavy atom. The maximum absolute atomic E-state index is 13.7. The van der Waals surface area contributed by atoms with Gasteiger partial charge in [0.05, 0.1) is 12.3 Å². The summed E-state index contributed by atoms with van der Waals surface area (Å²) in [4.78, 5) is 14.2. The van der Waals surface area contributed by atoms with E-state index in [9.17, 15) is 9.18 Å². The van der Waals surface area contributed by atoms with Crippen molar-refractivity contribution in [1.29, 1.82) is 0 Å². The van der Waals surface area contributed by atoms with Gasteiger partial charge in [-0.1, -0.05) is 83.5 Å². The van der Waals surface area contributed by atoms with Crippen molar-refractivity contribution in [2.45, 2.75) is 97.3 Å². The molecule has 0 bridgehead atoms. The second-order valence-electron chi connectivity index (χ2n) is 7.07. The van der Waals surface area contributed by atoms with Crippen LogP contribution in [0.3, 0.4) is 0 Å². The van der Waals surface area contributed by atoms with Crippen molar-refractivity contribution >= 4 is 5.97 Å². The summed E-state index contributed by atoms with van der Waals surface area (Å²) in [6.45, 7) is 4.17. The number of ether oxygens (including phenoxy) is 1. The van der Waals surface area contributed by atoms with Gasteiger partial charge in [-0.15, -0.1) is 0 Å². The molecule has 0 radical (unpaired) electrons. The van der Waals surface area contributed by atoms with Gasteiger partial charge in [-0.3, -0.25) is 0 Å². The number of rotatable bonds is 14. The van der Waals surface area contributed by atoms with Crippen molar-refractivity contribution in [2.75, 3.05) is 6.61 Å². The zero-order valence-electron chi connectivity index (χ0n) is 17.2. The molecule has 3 nitrogen and oxygen atoms in total. The molecule has 0 saturated heterocycles. The molecule has 0 aliphatic carbocycles. The highest BCUT2D eigenvalue weighted by Crippen LogP contribution is 2.13. The second kappa shape index (κ2) is 15.3. The largest absolute Gasteiger partial charge is 0.461 e.